The zero-order valence-electron chi connectivity index (χ0n) is 15.3. The van der Waals surface area contributed by atoms with Crippen LogP contribution < -0.4 is 21.5 Å². The van der Waals surface area contributed by atoms with Gasteiger partial charge in [0.15, 0.2) is 6.61 Å². The van der Waals surface area contributed by atoms with Crippen LogP contribution in [0.3, 0.4) is 0 Å². The van der Waals surface area contributed by atoms with E-state index >= 15 is 0 Å². The summed E-state index contributed by atoms with van der Waals surface area (Å²) in [5.74, 6) is 0.760. The molecule has 0 bridgehead atoms. The lowest BCUT2D eigenvalue weighted by Gasteiger charge is -2.13. The van der Waals surface area contributed by atoms with Gasteiger partial charge in [-0.2, -0.15) is 4.98 Å². The number of anilines is 3. The van der Waals surface area contributed by atoms with Gasteiger partial charge in [0.05, 0.1) is 5.52 Å². The average molecular weight is 373 g/mol. The van der Waals surface area contributed by atoms with Gasteiger partial charge in [-0.15, -0.1) is 0 Å². The van der Waals surface area contributed by atoms with Crippen LogP contribution in [0.25, 0.3) is 21.7 Å². The number of hydrogen-bond donors (Lipinski definition) is 3. The summed E-state index contributed by atoms with van der Waals surface area (Å²) in [5.41, 5.74) is 13.6. The van der Waals surface area contributed by atoms with E-state index in [9.17, 15) is 4.79 Å². The van der Waals surface area contributed by atoms with E-state index < -0.39 is 0 Å². The lowest BCUT2D eigenvalue weighted by atomic mass is 10.1. The van der Waals surface area contributed by atoms with Crippen LogP contribution in [0.1, 0.15) is 5.56 Å². The number of rotatable bonds is 4. The van der Waals surface area contributed by atoms with E-state index in [4.69, 9.17) is 16.2 Å². The van der Waals surface area contributed by atoms with Gasteiger partial charge in [-0.3, -0.25) is 4.79 Å². The van der Waals surface area contributed by atoms with Crippen LogP contribution >= 0.6 is 0 Å². The van der Waals surface area contributed by atoms with Crippen molar-refractivity contribution in [3.05, 3.63) is 60.2 Å². The molecule has 1 amide bonds. The highest BCUT2D eigenvalue weighted by molar-refractivity contribution is 6.00. The molecule has 0 unspecified atom stereocenters. The molecular formula is C21H19N5O2. The van der Waals surface area contributed by atoms with E-state index in [1.807, 2.05) is 49.4 Å². The van der Waals surface area contributed by atoms with Gasteiger partial charge in [0.25, 0.3) is 5.91 Å². The molecule has 140 valence electrons. The fraction of sp³-hybridized carbons (Fsp3) is 0.0952. The molecule has 0 saturated heterocycles. The number of benzene rings is 3. The van der Waals surface area contributed by atoms with Gasteiger partial charge in [-0.25, -0.2) is 4.98 Å². The molecule has 7 nitrogen and oxygen atoms in total. The number of hydrogen-bond acceptors (Lipinski definition) is 6. The van der Waals surface area contributed by atoms with E-state index in [0.29, 0.717) is 22.3 Å². The van der Waals surface area contributed by atoms with Crippen molar-refractivity contribution in [2.24, 2.45) is 0 Å². The van der Waals surface area contributed by atoms with Crippen molar-refractivity contribution < 1.29 is 9.53 Å². The molecule has 0 radical (unpaired) electrons. The molecule has 1 aromatic heterocycles. The molecule has 7 heteroatoms. The Balaban J connectivity index is 1.49. The number of ether oxygens (including phenoxy) is 1. The quantitative estimate of drug-likeness (QED) is 0.505. The Morgan fingerprint density at radius 3 is 2.64 bits per heavy atom. The minimum Gasteiger partial charge on any atom is -0.484 e. The van der Waals surface area contributed by atoms with Crippen molar-refractivity contribution >= 4 is 45.0 Å². The number of carbonyl (C=O) groups is 1. The first kappa shape index (κ1) is 17.5. The summed E-state index contributed by atoms with van der Waals surface area (Å²) in [6.07, 6.45) is 0. The Labute approximate surface area is 161 Å². The highest BCUT2D eigenvalue weighted by Gasteiger charge is 2.12. The third-order valence-electron chi connectivity index (χ3n) is 4.53. The Hall–Kier alpha value is -3.87. The molecule has 3 aromatic carbocycles. The molecule has 4 aromatic rings. The Bertz CT molecular complexity index is 1210. The van der Waals surface area contributed by atoms with Gasteiger partial charge < -0.3 is 21.5 Å². The van der Waals surface area contributed by atoms with Crippen molar-refractivity contribution in [3.8, 4) is 5.75 Å². The number of nitrogens with one attached hydrogen (secondary N) is 1. The summed E-state index contributed by atoms with van der Waals surface area (Å²) in [4.78, 5) is 20.5. The van der Waals surface area contributed by atoms with Crippen molar-refractivity contribution in [3.63, 3.8) is 0 Å². The zero-order chi connectivity index (χ0) is 19.7. The lowest BCUT2D eigenvalue weighted by Crippen LogP contribution is -2.20. The van der Waals surface area contributed by atoms with Gasteiger partial charge in [0.2, 0.25) is 5.95 Å². The molecule has 0 atom stereocenters. The minimum absolute atomic E-state index is 0.108. The summed E-state index contributed by atoms with van der Waals surface area (Å²) >= 11 is 0. The fourth-order valence-corrected chi connectivity index (χ4v) is 3.17. The topological polar surface area (TPSA) is 116 Å². The number of aromatic nitrogens is 2. The number of carbonyl (C=O) groups excluding carboxylic acids is 1. The van der Waals surface area contributed by atoms with Crippen molar-refractivity contribution in [1.82, 2.24) is 9.97 Å². The molecule has 0 aliphatic heterocycles. The number of nitrogens with zero attached hydrogens (tertiary/aromatic N) is 2. The average Bonchev–Trinajstić information content (AvgIpc) is 2.68. The molecule has 0 spiro atoms. The molecule has 0 fully saturated rings. The van der Waals surface area contributed by atoms with Crippen molar-refractivity contribution in [2.45, 2.75) is 6.92 Å². The van der Waals surface area contributed by atoms with E-state index in [2.05, 4.69) is 15.3 Å². The monoisotopic (exact) mass is 373 g/mol. The summed E-state index contributed by atoms with van der Waals surface area (Å²) in [6, 6.07) is 17.2. The van der Waals surface area contributed by atoms with Gasteiger partial charge in [0.1, 0.15) is 11.6 Å². The predicted octanol–water partition coefficient (Wildman–Crippen LogP) is 3.27. The number of aryl methyl sites for hydroxylation is 1. The smallest absolute Gasteiger partial charge is 0.262 e. The summed E-state index contributed by atoms with van der Waals surface area (Å²) in [5, 5.41) is 5.69. The third kappa shape index (κ3) is 3.37. The number of fused-ring (bicyclic) bond motifs is 2. The van der Waals surface area contributed by atoms with Crippen molar-refractivity contribution in [2.75, 3.05) is 23.4 Å². The highest BCUT2D eigenvalue weighted by Crippen LogP contribution is 2.28. The zero-order valence-corrected chi connectivity index (χ0v) is 15.3. The van der Waals surface area contributed by atoms with Gasteiger partial charge in [-0.1, -0.05) is 30.3 Å². The number of amides is 1. The minimum atomic E-state index is -0.273. The number of nitrogen functional groups attached to an aromatic ring is 2. The summed E-state index contributed by atoms with van der Waals surface area (Å²) in [6.45, 7) is 1.74. The van der Waals surface area contributed by atoms with Crippen LogP contribution in [0.4, 0.5) is 17.5 Å². The summed E-state index contributed by atoms with van der Waals surface area (Å²) < 4.78 is 5.64. The van der Waals surface area contributed by atoms with Gasteiger partial charge in [-0.05, 0) is 47.5 Å². The maximum Gasteiger partial charge on any atom is 0.262 e. The standard InChI is InChI=1S/C21H19N5O2/c1-12-16(8-9-17-19(12)20(22)26-21(23)25-17)24-18(27)11-28-15-7-6-13-4-2-3-5-14(13)10-15/h2-10H,11H2,1H3,(H,24,27)(H4,22,23,25,26). The predicted molar refractivity (Wildman–Crippen MR) is 111 cm³/mol. The van der Waals surface area contributed by atoms with Crippen molar-refractivity contribution in [1.29, 1.82) is 0 Å². The van der Waals surface area contributed by atoms with Crippen LogP contribution in [-0.2, 0) is 4.79 Å². The lowest BCUT2D eigenvalue weighted by molar-refractivity contribution is -0.118. The fourth-order valence-electron chi connectivity index (χ4n) is 3.17. The first-order chi connectivity index (χ1) is 13.5. The second-order valence-corrected chi connectivity index (χ2v) is 6.45. The highest BCUT2D eigenvalue weighted by atomic mass is 16.5. The SMILES string of the molecule is Cc1c(NC(=O)COc2ccc3ccccc3c2)ccc2nc(N)nc(N)c12. The maximum absolute atomic E-state index is 12.4. The maximum atomic E-state index is 12.4. The Kier molecular flexibility index (Phi) is 4.41. The van der Waals surface area contributed by atoms with Crippen LogP contribution in [0, 0.1) is 6.92 Å². The van der Waals surface area contributed by atoms with Gasteiger partial charge >= 0.3 is 0 Å². The Morgan fingerprint density at radius 1 is 1.04 bits per heavy atom. The van der Waals surface area contributed by atoms with Crippen LogP contribution in [0.5, 0.6) is 5.75 Å². The van der Waals surface area contributed by atoms with Crippen LogP contribution in [-0.4, -0.2) is 22.5 Å². The molecule has 0 saturated carbocycles. The molecular weight excluding hydrogens is 354 g/mol. The second-order valence-electron chi connectivity index (χ2n) is 6.45. The van der Waals surface area contributed by atoms with E-state index in [-0.39, 0.29) is 24.3 Å². The van der Waals surface area contributed by atoms with Crippen LogP contribution in [0.2, 0.25) is 0 Å². The van der Waals surface area contributed by atoms with E-state index in [0.717, 1.165) is 16.3 Å². The third-order valence-corrected chi connectivity index (χ3v) is 4.53. The van der Waals surface area contributed by atoms with E-state index in [1.165, 1.54) is 0 Å². The normalized spacial score (nSPS) is 10.9. The number of nitrogens with two attached hydrogens (primary N) is 2. The first-order valence-corrected chi connectivity index (χ1v) is 8.75. The molecule has 5 N–H and O–H groups in total. The second kappa shape index (κ2) is 7.03. The molecule has 4 rings (SSSR count). The molecule has 28 heavy (non-hydrogen) atoms. The first-order valence-electron chi connectivity index (χ1n) is 8.75. The molecule has 0 aliphatic rings. The Morgan fingerprint density at radius 2 is 1.82 bits per heavy atom. The van der Waals surface area contributed by atoms with Gasteiger partial charge in [0, 0.05) is 11.1 Å². The molecule has 1 heterocycles. The largest absolute Gasteiger partial charge is 0.484 e. The van der Waals surface area contributed by atoms with E-state index in [1.54, 1.807) is 12.1 Å². The molecule has 0 aliphatic carbocycles. The van der Waals surface area contributed by atoms with Crippen LogP contribution in [0.15, 0.2) is 54.6 Å². The summed E-state index contributed by atoms with van der Waals surface area (Å²) in [7, 11) is 0.